The maximum absolute atomic E-state index is 12.1. The number of hydrogen-bond donors (Lipinski definition) is 1. The Kier molecular flexibility index (Phi) is 3.41. The summed E-state index contributed by atoms with van der Waals surface area (Å²) in [6.07, 6.45) is -8.17. The molecule has 0 saturated carbocycles. The number of aromatic nitrogens is 1. The van der Waals surface area contributed by atoms with E-state index in [4.69, 9.17) is 11.6 Å². The van der Waals surface area contributed by atoms with Crippen LogP contribution in [0.25, 0.3) is 0 Å². The quantitative estimate of drug-likeness (QED) is 0.834. The maximum Gasteiger partial charge on any atom is 0.573 e. The van der Waals surface area contributed by atoms with Crippen molar-refractivity contribution in [3.05, 3.63) is 27.1 Å². The smallest absolute Gasteiger partial charge is 0.398 e. The minimum absolute atomic E-state index is 0.495. The van der Waals surface area contributed by atoms with Gasteiger partial charge >= 0.3 is 6.36 Å². The van der Waals surface area contributed by atoms with Crippen molar-refractivity contribution in [3.8, 4) is 5.75 Å². The second-order valence-corrected chi connectivity index (χ2v) is 2.99. The summed E-state index contributed by atoms with van der Waals surface area (Å²) in [4.78, 5) is 12.5. The third-order valence-electron chi connectivity index (χ3n) is 1.42. The fourth-order valence-corrected chi connectivity index (χ4v) is 1.10. The van der Waals surface area contributed by atoms with E-state index in [1.54, 1.807) is 0 Å². The van der Waals surface area contributed by atoms with Crippen molar-refractivity contribution in [2.45, 2.75) is 12.8 Å². The van der Waals surface area contributed by atoms with E-state index in [9.17, 15) is 26.7 Å². The van der Waals surface area contributed by atoms with Gasteiger partial charge in [-0.05, 0) is 6.07 Å². The average Bonchev–Trinajstić information content (AvgIpc) is 2.09. The molecule has 0 aliphatic rings. The normalized spacial score (nSPS) is 11.9. The van der Waals surface area contributed by atoms with Crippen molar-refractivity contribution in [1.29, 1.82) is 0 Å². The Morgan fingerprint density at radius 3 is 2.31 bits per heavy atom. The van der Waals surface area contributed by atoms with Crippen LogP contribution >= 0.6 is 11.6 Å². The fraction of sp³-hybridized carbons (Fsp3) is 0.286. The lowest BCUT2D eigenvalue weighted by Crippen LogP contribution is -2.23. The van der Waals surface area contributed by atoms with Crippen molar-refractivity contribution in [2.75, 3.05) is 0 Å². The van der Waals surface area contributed by atoms with Crippen LogP contribution in [0.2, 0.25) is 5.02 Å². The van der Waals surface area contributed by atoms with Gasteiger partial charge in [-0.2, -0.15) is 0 Å². The monoisotopic (exact) mass is 263 g/mol. The first-order chi connectivity index (χ1) is 7.20. The van der Waals surface area contributed by atoms with Gasteiger partial charge in [-0.1, -0.05) is 11.6 Å². The molecule has 1 rings (SSSR count). The van der Waals surface area contributed by atoms with E-state index in [1.807, 2.05) is 0 Å². The van der Waals surface area contributed by atoms with E-state index < -0.39 is 34.8 Å². The molecule has 0 fully saturated rings. The van der Waals surface area contributed by atoms with Crippen LogP contribution in [0, 0.1) is 0 Å². The number of H-pyrrole nitrogens is 1. The summed E-state index contributed by atoms with van der Waals surface area (Å²) in [5, 5.41) is -0.837. The molecule has 0 aromatic carbocycles. The number of pyridine rings is 1. The Balaban J connectivity index is 3.19. The first kappa shape index (κ1) is 12.8. The van der Waals surface area contributed by atoms with E-state index >= 15 is 0 Å². The van der Waals surface area contributed by atoms with Crippen LogP contribution in [0.15, 0.2) is 10.9 Å². The highest BCUT2D eigenvalue weighted by Gasteiger charge is 2.33. The van der Waals surface area contributed by atoms with Crippen LogP contribution in [0.3, 0.4) is 0 Å². The fourth-order valence-electron chi connectivity index (χ4n) is 0.863. The molecular weight excluding hydrogens is 261 g/mol. The van der Waals surface area contributed by atoms with Crippen molar-refractivity contribution < 1.29 is 26.7 Å². The van der Waals surface area contributed by atoms with Gasteiger partial charge in [0.1, 0.15) is 0 Å². The zero-order valence-corrected chi connectivity index (χ0v) is 7.99. The molecule has 16 heavy (non-hydrogen) atoms. The van der Waals surface area contributed by atoms with Gasteiger partial charge in [0.05, 0.1) is 10.7 Å². The molecule has 0 amide bonds. The minimum atomic E-state index is -5.12. The summed E-state index contributed by atoms with van der Waals surface area (Å²) in [6, 6.07) is 0.495. The van der Waals surface area contributed by atoms with Gasteiger partial charge in [0.25, 0.3) is 12.0 Å². The molecule has 0 unspecified atom stereocenters. The van der Waals surface area contributed by atoms with Crippen LogP contribution in [-0.2, 0) is 0 Å². The highest BCUT2D eigenvalue weighted by molar-refractivity contribution is 6.32. The van der Waals surface area contributed by atoms with Crippen LogP contribution in [-0.4, -0.2) is 11.3 Å². The lowest BCUT2D eigenvalue weighted by Gasteiger charge is -2.10. The van der Waals surface area contributed by atoms with Crippen molar-refractivity contribution in [3.63, 3.8) is 0 Å². The maximum atomic E-state index is 12.1. The molecule has 0 aliphatic heterocycles. The Morgan fingerprint density at radius 2 is 1.94 bits per heavy atom. The van der Waals surface area contributed by atoms with Gasteiger partial charge in [-0.25, -0.2) is 8.78 Å². The molecule has 1 heterocycles. The van der Waals surface area contributed by atoms with E-state index in [0.29, 0.717) is 6.07 Å². The predicted octanol–water partition coefficient (Wildman–Crippen LogP) is 2.86. The molecule has 3 nitrogen and oxygen atoms in total. The highest BCUT2D eigenvalue weighted by Crippen LogP contribution is 2.28. The first-order valence-electron chi connectivity index (χ1n) is 3.67. The lowest BCUT2D eigenvalue weighted by atomic mass is 10.3. The highest BCUT2D eigenvalue weighted by atomic mass is 35.5. The Hall–Kier alpha value is -1.31. The zero-order chi connectivity index (χ0) is 12.5. The van der Waals surface area contributed by atoms with Crippen molar-refractivity contribution >= 4 is 11.6 Å². The standard InChI is InChI=1S/C7H3ClF5NO2/c8-2-1-3(5(9)10)14-6(15)4(2)16-7(11,12)13/h1,5H,(H,14,15). The van der Waals surface area contributed by atoms with Crippen molar-refractivity contribution in [2.24, 2.45) is 0 Å². The van der Waals surface area contributed by atoms with E-state index in [-0.39, 0.29) is 0 Å². The number of aromatic amines is 1. The number of ether oxygens (including phenoxy) is 1. The number of alkyl halides is 5. The summed E-state index contributed by atoms with van der Waals surface area (Å²) >= 11 is 5.21. The van der Waals surface area contributed by atoms with Gasteiger partial charge in [0.2, 0.25) is 5.75 Å². The van der Waals surface area contributed by atoms with Crippen LogP contribution in [0.1, 0.15) is 12.1 Å². The van der Waals surface area contributed by atoms with Gasteiger partial charge < -0.3 is 9.72 Å². The topological polar surface area (TPSA) is 42.1 Å². The number of rotatable bonds is 2. The number of nitrogens with one attached hydrogen (secondary N) is 1. The summed E-state index contributed by atoms with van der Waals surface area (Å²) in [7, 11) is 0. The van der Waals surface area contributed by atoms with Gasteiger partial charge in [-0.15, -0.1) is 13.2 Å². The average molecular weight is 264 g/mol. The molecule has 1 aromatic rings. The van der Waals surface area contributed by atoms with E-state index in [0.717, 1.165) is 0 Å². The van der Waals surface area contributed by atoms with Gasteiger partial charge in [0, 0.05) is 0 Å². The molecule has 0 bridgehead atoms. The molecular formula is C7H3ClF5NO2. The summed E-state index contributed by atoms with van der Waals surface area (Å²) < 4.78 is 62.8. The molecule has 0 aliphatic carbocycles. The zero-order valence-electron chi connectivity index (χ0n) is 7.24. The molecule has 90 valence electrons. The Bertz CT molecular complexity index is 441. The Morgan fingerprint density at radius 1 is 1.38 bits per heavy atom. The summed E-state index contributed by atoms with van der Waals surface area (Å²) in [5.74, 6) is -1.27. The van der Waals surface area contributed by atoms with Gasteiger partial charge in [-0.3, -0.25) is 4.79 Å². The van der Waals surface area contributed by atoms with Crippen LogP contribution < -0.4 is 10.3 Å². The molecule has 0 spiro atoms. The predicted molar refractivity (Wildman–Crippen MR) is 43.7 cm³/mol. The number of halogens is 6. The molecule has 0 radical (unpaired) electrons. The number of hydrogen-bond acceptors (Lipinski definition) is 2. The third kappa shape index (κ3) is 3.09. The van der Waals surface area contributed by atoms with Crippen molar-refractivity contribution in [1.82, 2.24) is 4.98 Å². The molecule has 9 heteroatoms. The van der Waals surface area contributed by atoms with E-state index in [1.165, 1.54) is 4.98 Å². The molecule has 1 N–H and O–H groups in total. The summed E-state index contributed by atoms with van der Waals surface area (Å²) in [5.41, 5.74) is -2.36. The van der Waals surface area contributed by atoms with E-state index in [2.05, 4.69) is 4.74 Å². The SMILES string of the molecule is O=c1[nH]c(C(F)F)cc(Cl)c1OC(F)(F)F. The van der Waals surface area contributed by atoms with Crippen LogP contribution in [0.5, 0.6) is 5.75 Å². The largest absolute Gasteiger partial charge is 0.573 e. The first-order valence-corrected chi connectivity index (χ1v) is 4.05. The second kappa shape index (κ2) is 4.28. The lowest BCUT2D eigenvalue weighted by molar-refractivity contribution is -0.275. The second-order valence-electron chi connectivity index (χ2n) is 2.58. The third-order valence-corrected chi connectivity index (χ3v) is 1.70. The molecule has 1 aromatic heterocycles. The van der Waals surface area contributed by atoms with Gasteiger partial charge in [0.15, 0.2) is 0 Å². The molecule has 0 saturated heterocycles. The Labute approximate surface area is 89.8 Å². The summed E-state index contributed by atoms with van der Waals surface area (Å²) in [6.45, 7) is 0. The van der Waals surface area contributed by atoms with Crippen LogP contribution in [0.4, 0.5) is 22.0 Å². The molecule has 0 atom stereocenters. The minimum Gasteiger partial charge on any atom is -0.398 e.